The summed E-state index contributed by atoms with van der Waals surface area (Å²) in [5.41, 5.74) is 1.50. The second-order valence-electron chi connectivity index (χ2n) is 6.23. The molecule has 1 saturated heterocycles. The smallest absolute Gasteiger partial charge is 0.405 e. The third kappa shape index (κ3) is 6.00. The molecule has 1 aliphatic heterocycles. The van der Waals surface area contributed by atoms with Crippen LogP contribution < -0.4 is 20.3 Å². The van der Waals surface area contributed by atoms with E-state index >= 15 is 0 Å². The molecule has 9 heteroatoms. The lowest BCUT2D eigenvalue weighted by Gasteiger charge is -2.28. The van der Waals surface area contributed by atoms with Crippen molar-refractivity contribution in [3.8, 4) is 5.75 Å². The molecule has 152 valence electrons. The molecule has 6 nitrogen and oxygen atoms in total. The van der Waals surface area contributed by atoms with Gasteiger partial charge in [-0.25, -0.2) is 0 Å². The number of piperazine rings is 1. The Balaban J connectivity index is 1.62. The molecule has 0 radical (unpaired) electrons. The van der Waals surface area contributed by atoms with Crippen LogP contribution in [0.3, 0.4) is 0 Å². The molecule has 0 bridgehead atoms. The van der Waals surface area contributed by atoms with E-state index in [0.717, 1.165) is 11.8 Å². The van der Waals surface area contributed by atoms with Crippen LogP contribution in [0.5, 0.6) is 5.75 Å². The molecule has 0 saturated carbocycles. The number of para-hydroxylation sites is 1. The number of hydrogen-bond donors (Lipinski definition) is 2. The van der Waals surface area contributed by atoms with Crippen molar-refractivity contribution in [3.05, 3.63) is 60.2 Å². The van der Waals surface area contributed by atoms with Gasteiger partial charge < -0.3 is 20.3 Å². The van der Waals surface area contributed by atoms with E-state index in [9.17, 15) is 22.8 Å². The van der Waals surface area contributed by atoms with Gasteiger partial charge in [-0.15, -0.1) is 13.2 Å². The maximum atomic E-state index is 12.4. The van der Waals surface area contributed by atoms with E-state index in [2.05, 4.69) is 15.4 Å². The predicted octanol–water partition coefficient (Wildman–Crippen LogP) is 3.17. The number of benzene rings is 2. The highest BCUT2D eigenvalue weighted by Crippen LogP contribution is 2.27. The lowest BCUT2D eigenvalue weighted by Crippen LogP contribution is -2.47. The van der Waals surface area contributed by atoms with Gasteiger partial charge in [-0.1, -0.05) is 18.2 Å². The minimum Gasteiger partial charge on any atom is -0.405 e. The van der Waals surface area contributed by atoms with Crippen molar-refractivity contribution in [3.63, 3.8) is 0 Å². The van der Waals surface area contributed by atoms with Crippen molar-refractivity contribution < 1.29 is 27.5 Å². The molecule has 1 heterocycles. The number of halogens is 3. The number of anilines is 2. The standard InChI is InChI=1S/C20H18F3N3O3/c21-20(22,23)29-17-4-2-1-3-14(17)5-10-18(27)25-15-6-8-16(9-7-15)26-12-11-24-19(28)13-26/h1-10H,11-13H2,(H,24,28)(H,25,27)/b10-5+. The molecule has 0 unspecified atom stereocenters. The minimum absolute atomic E-state index is 0.0476. The third-order valence-corrected chi connectivity index (χ3v) is 4.10. The van der Waals surface area contributed by atoms with E-state index in [1.54, 1.807) is 30.3 Å². The van der Waals surface area contributed by atoms with Crippen LogP contribution in [0.25, 0.3) is 6.08 Å². The molecular formula is C20H18F3N3O3. The van der Waals surface area contributed by atoms with Crippen LogP contribution in [-0.2, 0) is 9.59 Å². The fraction of sp³-hybridized carbons (Fsp3) is 0.200. The van der Waals surface area contributed by atoms with Crippen LogP contribution in [0.1, 0.15) is 5.56 Å². The number of rotatable bonds is 5. The topological polar surface area (TPSA) is 70.7 Å². The maximum absolute atomic E-state index is 12.4. The Bertz CT molecular complexity index is 911. The number of nitrogens with zero attached hydrogens (tertiary/aromatic N) is 1. The van der Waals surface area contributed by atoms with Gasteiger partial charge in [0.05, 0.1) is 6.54 Å². The van der Waals surface area contributed by atoms with Crippen LogP contribution in [0.15, 0.2) is 54.6 Å². The van der Waals surface area contributed by atoms with Gasteiger partial charge >= 0.3 is 6.36 Å². The minimum atomic E-state index is -4.82. The molecule has 2 aromatic rings. The summed E-state index contributed by atoms with van der Waals surface area (Å²) in [6.45, 7) is 1.54. The molecule has 1 aliphatic rings. The summed E-state index contributed by atoms with van der Waals surface area (Å²) in [4.78, 5) is 25.5. The van der Waals surface area contributed by atoms with Gasteiger partial charge in [-0.3, -0.25) is 9.59 Å². The summed E-state index contributed by atoms with van der Waals surface area (Å²) in [6, 6.07) is 12.5. The van der Waals surface area contributed by atoms with Crippen molar-refractivity contribution in [2.45, 2.75) is 6.36 Å². The van der Waals surface area contributed by atoms with E-state index in [1.807, 2.05) is 4.90 Å². The Labute approximate surface area is 165 Å². The maximum Gasteiger partial charge on any atom is 0.573 e. The Morgan fingerprint density at radius 3 is 2.55 bits per heavy atom. The summed E-state index contributed by atoms with van der Waals surface area (Å²) < 4.78 is 41.3. The largest absolute Gasteiger partial charge is 0.573 e. The van der Waals surface area contributed by atoms with E-state index in [4.69, 9.17) is 0 Å². The molecule has 0 atom stereocenters. The van der Waals surface area contributed by atoms with Gasteiger partial charge in [0, 0.05) is 36.1 Å². The lowest BCUT2D eigenvalue weighted by atomic mass is 10.2. The molecule has 0 aliphatic carbocycles. The highest BCUT2D eigenvalue weighted by Gasteiger charge is 2.31. The quantitative estimate of drug-likeness (QED) is 0.750. The van der Waals surface area contributed by atoms with Crippen molar-refractivity contribution in [2.75, 3.05) is 29.9 Å². The molecule has 2 aromatic carbocycles. The first kappa shape index (κ1) is 20.2. The highest BCUT2D eigenvalue weighted by molar-refractivity contribution is 6.02. The predicted molar refractivity (Wildman–Crippen MR) is 102 cm³/mol. The first-order valence-corrected chi connectivity index (χ1v) is 8.76. The van der Waals surface area contributed by atoms with E-state index in [1.165, 1.54) is 24.3 Å². The Morgan fingerprint density at radius 2 is 1.86 bits per heavy atom. The SMILES string of the molecule is O=C(/C=C/c1ccccc1OC(F)(F)F)Nc1ccc(N2CCNC(=O)C2)cc1. The molecule has 0 aromatic heterocycles. The van der Waals surface area contributed by atoms with Gasteiger partial charge in [0.2, 0.25) is 11.8 Å². The molecule has 0 spiro atoms. The normalized spacial score (nSPS) is 14.6. The number of hydrogen-bond acceptors (Lipinski definition) is 4. The van der Waals surface area contributed by atoms with Gasteiger partial charge in [0.15, 0.2) is 0 Å². The summed E-state index contributed by atoms with van der Waals surface area (Å²) in [6.07, 6.45) is -2.44. The molecule has 29 heavy (non-hydrogen) atoms. The summed E-state index contributed by atoms with van der Waals surface area (Å²) in [7, 11) is 0. The molecule has 3 rings (SSSR count). The van der Waals surface area contributed by atoms with Crippen molar-refractivity contribution in [1.29, 1.82) is 0 Å². The first-order chi connectivity index (χ1) is 13.8. The van der Waals surface area contributed by atoms with Gasteiger partial charge in [0.25, 0.3) is 0 Å². The van der Waals surface area contributed by atoms with Gasteiger partial charge in [-0.05, 0) is 36.4 Å². The first-order valence-electron chi connectivity index (χ1n) is 8.76. The molecule has 2 amide bonds. The molecule has 1 fully saturated rings. The number of ether oxygens (including phenoxy) is 1. The number of alkyl halides is 3. The second kappa shape index (κ2) is 8.68. The van der Waals surface area contributed by atoms with Crippen LogP contribution in [0.2, 0.25) is 0 Å². The number of amides is 2. The number of carbonyl (C=O) groups is 2. The van der Waals surface area contributed by atoms with Crippen molar-refractivity contribution >= 4 is 29.3 Å². The average Bonchev–Trinajstić information content (AvgIpc) is 2.67. The van der Waals surface area contributed by atoms with E-state index in [0.29, 0.717) is 18.8 Å². The fourth-order valence-electron chi connectivity index (χ4n) is 2.80. The summed E-state index contributed by atoms with van der Waals surface area (Å²) in [5.74, 6) is -0.940. The third-order valence-electron chi connectivity index (χ3n) is 4.10. The van der Waals surface area contributed by atoms with Crippen molar-refractivity contribution in [2.24, 2.45) is 0 Å². The van der Waals surface area contributed by atoms with E-state index in [-0.39, 0.29) is 23.8 Å². The van der Waals surface area contributed by atoms with E-state index < -0.39 is 12.3 Å². The second-order valence-corrected chi connectivity index (χ2v) is 6.23. The average molecular weight is 405 g/mol. The molecule has 2 N–H and O–H groups in total. The van der Waals surface area contributed by atoms with Gasteiger partial charge in [0.1, 0.15) is 5.75 Å². The van der Waals surface area contributed by atoms with Crippen LogP contribution in [-0.4, -0.2) is 37.8 Å². The molecular weight excluding hydrogens is 387 g/mol. The van der Waals surface area contributed by atoms with Crippen LogP contribution in [0, 0.1) is 0 Å². The lowest BCUT2D eigenvalue weighted by molar-refractivity contribution is -0.274. The van der Waals surface area contributed by atoms with Crippen LogP contribution >= 0.6 is 0 Å². The summed E-state index contributed by atoms with van der Waals surface area (Å²) in [5, 5.41) is 5.38. The Morgan fingerprint density at radius 1 is 1.14 bits per heavy atom. The van der Waals surface area contributed by atoms with Gasteiger partial charge in [-0.2, -0.15) is 0 Å². The highest BCUT2D eigenvalue weighted by atomic mass is 19.4. The Kier molecular flexibility index (Phi) is 6.06. The summed E-state index contributed by atoms with van der Waals surface area (Å²) >= 11 is 0. The fourth-order valence-corrected chi connectivity index (χ4v) is 2.80. The zero-order valence-corrected chi connectivity index (χ0v) is 15.2. The Hall–Kier alpha value is -3.49. The number of carbonyl (C=O) groups excluding carboxylic acids is 2. The zero-order valence-electron chi connectivity index (χ0n) is 15.2. The number of nitrogens with one attached hydrogen (secondary N) is 2. The monoisotopic (exact) mass is 405 g/mol. The van der Waals surface area contributed by atoms with Crippen LogP contribution in [0.4, 0.5) is 24.5 Å². The zero-order chi connectivity index (χ0) is 20.9. The van der Waals surface area contributed by atoms with Crippen molar-refractivity contribution in [1.82, 2.24) is 5.32 Å².